The van der Waals surface area contributed by atoms with Gasteiger partial charge >= 0.3 is 0 Å². The molecule has 14 heavy (non-hydrogen) atoms. The first-order chi connectivity index (χ1) is 6.52. The van der Waals surface area contributed by atoms with Crippen molar-refractivity contribution in [3.05, 3.63) is 11.6 Å². The smallest absolute Gasteiger partial charge is 0.0798 e. The van der Waals surface area contributed by atoms with Gasteiger partial charge in [-0.15, -0.1) is 0 Å². The summed E-state index contributed by atoms with van der Waals surface area (Å²) in [6.45, 7) is 6.33. The van der Waals surface area contributed by atoms with Crippen LogP contribution in [0.2, 0.25) is 0 Å². The van der Waals surface area contributed by atoms with E-state index in [1.54, 1.807) is 0 Å². The van der Waals surface area contributed by atoms with Crippen molar-refractivity contribution in [1.29, 1.82) is 0 Å². The predicted octanol–water partition coefficient (Wildman–Crippen LogP) is 3.67. The second-order valence-corrected chi connectivity index (χ2v) is 5.50. The molecule has 0 spiro atoms. The van der Waals surface area contributed by atoms with Crippen molar-refractivity contribution >= 4 is 0 Å². The molecule has 1 heteroatoms. The molecule has 0 aliphatic heterocycles. The summed E-state index contributed by atoms with van der Waals surface area (Å²) in [5, 5.41) is 10.2. The first-order valence-electron chi connectivity index (χ1n) is 5.89. The predicted molar refractivity (Wildman–Crippen MR) is 61.2 cm³/mol. The molecule has 1 unspecified atom stereocenters. The lowest BCUT2D eigenvalue weighted by atomic mass is 9.81. The highest BCUT2D eigenvalue weighted by molar-refractivity contribution is 5.11. The van der Waals surface area contributed by atoms with Crippen LogP contribution in [0.15, 0.2) is 11.6 Å². The topological polar surface area (TPSA) is 20.2 Å². The third kappa shape index (κ3) is 3.45. The molecule has 1 nitrogen and oxygen atoms in total. The summed E-state index contributed by atoms with van der Waals surface area (Å²) in [5.74, 6) is 0. The molecule has 0 radical (unpaired) electrons. The van der Waals surface area contributed by atoms with Gasteiger partial charge in [0, 0.05) is 0 Å². The summed E-state index contributed by atoms with van der Waals surface area (Å²) in [5.41, 5.74) is 1.27. The van der Waals surface area contributed by atoms with Crippen LogP contribution < -0.4 is 0 Å². The Kier molecular flexibility index (Phi) is 4.18. The Labute approximate surface area is 88.2 Å². The highest BCUT2D eigenvalue weighted by Crippen LogP contribution is 2.29. The van der Waals surface area contributed by atoms with E-state index in [0.29, 0.717) is 0 Å². The van der Waals surface area contributed by atoms with E-state index in [2.05, 4.69) is 26.8 Å². The molecule has 1 N–H and O–H groups in total. The quantitative estimate of drug-likeness (QED) is 0.634. The van der Waals surface area contributed by atoms with Gasteiger partial charge in [0.05, 0.1) is 6.10 Å². The maximum atomic E-state index is 10.2. The van der Waals surface area contributed by atoms with Gasteiger partial charge in [0.2, 0.25) is 0 Å². The number of hydrogen-bond acceptors (Lipinski definition) is 1. The molecular formula is C13H24O. The zero-order valence-electron chi connectivity index (χ0n) is 9.84. The molecule has 0 amide bonds. The molecule has 1 atom stereocenters. The zero-order valence-corrected chi connectivity index (χ0v) is 9.84. The molecule has 0 saturated heterocycles. The first-order valence-corrected chi connectivity index (χ1v) is 5.89. The van der Waals surface area contributed by atoms with Crippen molar-refractivity contribution < 1.29 is 5.11 Å². The summed E-state index contributed by atoms with van der Waals surface area (Å²) >= 11 is 0. The maximum Gasteiger partial charge on any atom is 0.0798 e. The van der Waals surface area contributed by atoms with E-state index in [-0.39, 0.29) is 11.5 Å². The van der Waals surface area contributed by atoms with Gasteiger partial charge in [0.1, 0.15) is 0 Å². The van der Waals surface area contributed by atoms with Gasteiger partial charge in [-0.05, 0) is 36.7 Å². The molecule has 0 saturated carbocycles. The molecule has 0 bridgehead atoms. The van der Waals surface area contributed by atoms with Crippen LogP contribution in [-0.4, -0.2) is 11.2 Å². The Morgan fingerprint density at radius 3 is 2.43 bits per heavy atom. The first kappa shape index (κ1) is 11.8. The lowest BCUT2D eigenvalue weighted by Gasteiger charge is -2.29. The van der Waals surface area contributed by atoms with Gasteiger partial charge in [-0.2, -0.15) is 0 Å². The molecule has 1 aliphatic rings. The number of hydrogen-bond donors (Lipinski definition) is 1. The summed E-state index contributed by atoms with van der Waals surface area (Å²) in [6, 6.07) is 0. The SMILES string of the molecule is CC(C)(C)C(O)C1=CCCCCCC1. The monoisotopic (exact) mass is 196 g/mol. The summed E-state index contributed by atoms with van der Waals surface area (Å²) < 4.78 is 0. The van der Waals surface area contributed by atoms with Gasteiger partial charge in [0.15, 0.2) is 0 Å². The van der Waals surface area contributed by atoms with Gasteiger partial charge in [-0.25, -0.2) is 0 Å². The van der Waals surface area contributed by atoms with Gasteiger partial charge < -0.3 is 5.11 Å². The van der Waals surface area contributed by atoms with Gasteiger partial charge in [-0.3, -0.25) is 0 Å². The summed E-state index contributed by atoms with van der Waals surface area (Å²) in [7, 11) is 0. The number of aliphatic hydroxyl groups excluding tert-OH is 1. The van der Waals surface area contributed by atoms with Crippen LogP contribution in [0.4, 0.5) is 0 Å². The van der Waals surface area contributed by atoms with Crippen molar-refractivity contribution in [3.8, 4) is 0 Å². The molecule has 0 aromatic carbocycles. The Bertz CT molecular complexity index is 198. The highest BCUT2D eigenvalue weighted by atomic mass is 16.3. The molecule has 0 aromatic heterocycles. The van der Waals surface area contributed by atoms with Crippen LogP contribution in [-0.2, 0) is 0 Å². The minimum atomic E-state index is -0.249. The molecule has 1 rings (SSSR count). The van der Waals surface area contributed by atoms with E-state index in [0.717, 1.165) is 12.8 Å². The second-order valence-electron chi connectivity index (χ2n) is 5.50. The third-order valence-corrected chi connectivity index (χ3v) is 3.00. The van der Waals surface area contributed by atoms with Gasteiger partial charge in [-0.1, -0.05) is 39.7 Å². The van der Waals surface area contributed by atoms with Crippen LogP contribution in [0.1, 0.15) is 59.3 Å². The standard InChI is InChI=1S/C13H24O/c1-13(2,3)12(14)11-9-7-5-4-6-8-10-11/h9,12,14H,4-8,10H2,1-3H3. The highest BCUT2D eigenvalue weighted by Gasteiger charge is 2.25. The maximum absolute atomic E-state index is 10.2. The molecule has 1 aliphatic carbocycles. The molecule has 82 valence electrons. The van der Waals surface area contributed by atoms with E-state index in [4.69, 9.17) is 0 Å². The Balaban J connectivity index is 2.63. The van der Waals surface area contributed by atoms with Crippen LogP contribution in [0.5, 0.6) is 0 Å². The van der Waals surface area contributed by atoms with E-state index in [1.807, 2.05) is 0 Å². The number of rotatable bonds is 1. The van der Waals surface area contributed by atoms with Crippen molar-refractivity contribution in [2.24, 2.45) is 5.41 Å². The van der Waals surface area contributed by atoms with Crippen molar-refractivity contribution in [2.75, 3.05) is 0 Å². The average molecular weight is 196 g/mol. The van der Waals surface area contributed by atoms with Crippen molar-refractivity contribution in [2.45, 2.75) is 65.4 Å². The molecule has 0 fully saturated rings. The average Bonchev–Trinajstić information content (AvgIpc) is 2.00. The molecule has 0 heterocycles. The Hall–Kier alpha value is -0.300. The van der Waals surface area contributed by atoms with Crippen LogP contribution >= 0.6 is 0 Å². The zero-order chi connectivity index (χ0) is 10.6. The van der Waals surface area contributed by atoms with Crippen LogP contribution in [0.3, 0.4) is 0 Å². The van der Waals surface area contributed by atoms with Crippen LogP contribution in [0.25, 0.3) is 0 Å². The van der Waals surface area contributed by atoms with E-state index < -0.39 is 0 Å². The summed E-state index contributed by atoms with van der Waals surface area (Å²) in [4.78, 5) is 0. The minimum absolute atomic E-state index is 0.00890. The van der Waals surface area contributed by atoms with E-state index in [9.17, 15) is 5.11 Å². The van der Waals surface area contributed by atoms with E-state index >= 15 is 0 Å². The number of allylic oxidation sites excluding steroid dienone is 1. The second kappa shape index (κ2) is 4.97. The lowest BCUT2D eigenvalue weighted by Crippen LogP contribution is -2.28. The van der Waals surface area contributed by atoms with Gasteiger partial charge in [0.25, 0.3) is 0 Å². The number of aliphatic hydroxyl groups is 1. The summed E-state index contributed by atoms with van der Waals surface area (Å²) in [6.07, 6.45) is 9.50. The minimum Gasteiger partial charge on any atom is -0.388 e. The van der Waals surface area contributed by atoms with E-state index in [1.165, 1.54) is 31.3 Å². The fraction of sp³-hybridized carbons (Fsp3) is 0.846. The Morgan fingerprint density at radius 2 is 1.79 bits per heavy atom. The van der Waals surface area contributed by atoms with Crippen LogP contribution in [0, 0.1) is 5.41 Å². The van der Waals surface area contributed by atoms with Crippen molar-refractivity contribution in [1.82, 2.24) is 0 Å². The third-order valence-electron chi connectivity index (χ3n) is 3.00. The lowest BCUT2D eigenvalue weighted by molar-refractivity contribution is 0.0908. The normalized spacial score (nSPS) is 22.1. The molecular weight excluding hydrogens is 172 g/mol. The molecule has 0 aromatic rings. The van der Waals surface area contributed by atoms with Crippen molar-refractivity contribution in [3.63, 3.8) is 0 Å². The fourth-order valence-electron chi connectivity index (χ4n) is 2.02. The largest absolute Gasteiger partial charge is 0.388 e. The Morgan fingerprint density at radius 1 is 1.14 bits per heavy atom. The fourth-order valence-corrected chi connectivity index (χ4v) is 2.02.